The molecule has 142 valence electrons. The Labute approximate surface area is 164 Å². The molecule has 2 aromatic rings. The highest BCUT2D eigenvalue weighted by atomic mass is 35.5. The lowest BCUT2D eigenvalue weighted by Crippen LogP contribution is -2.37. The summed E-state index contributed by atoms with van der Waals surface area (Å²) in [7, 11) is 3.67. The number of methoxy groups -OCH3 is 1. The van der Waals surface area contributed by atoms with Gasteiger partial charge in [-0.25, -0.2) is 4.98 Å². The van der Waals surface area contributed by atoms with Crippen molar-refractivity contribution < 1.29 is 9.53 Å². The van der Waals surface area contributed by atoms with E-state index >= 15 is 0 Å². The molecule has 0 bridgehead atoms. The van der Waals surface area contributed by atoms with Crippen molar-refractivity contribution in [2.45, 2.75) is 20.8 Å². The molecule has 7 heteroatoms. The Morgan fingerprint density at radius 1 is 1.27 bits per heavy atom. The van der Waals surface area contributed by atoms with E-state index < -0.39 is 0 Å². The van der Waals surface area contributed by atoms with Crippen LogP contribution >= 0.6 is 22.9 Å². The molecule has 0 saturated carbocycles. The summed E-state index contributed by atoms with van der Waals surface area (Å²) in [6, 6.07) is 5.41. The first-order valence-corrected chi connectivity index (χ1v) is 9.89. The third kappa shape index (κ3) is 4.75. The number of hydrogen-bond donors (Lipinski definition) is 0. The highest BCUT2D eigenvalue weighted by Crippen LogP contribution is 2.36. The Morgan fingerprint density at radius 3 is 2.62 bits per heavy atom. The van der Waals surface area contributed by atoms with Crippen molar-refractivity contribution in [3.8, 4) is 16.3 Å². The summed E-state index contributed by atoms with van der Waals surface area (Å²) in [6.45, 7) is 9.16. The number of nitrogens with zero attached hydrogens (tertiary/aromatic N) is 3. The molecule has 1 amide bonds. The zero-order valence-corrected chi connectivity index (χ0v) is 17.6. The standard InChI is InChI=1S/C19H26ClN3O2S/c1-6-22(4)10-11-23(7-2)19(24)17-13(3)21-18(26-17)15-12-14(20)8-9-16(15)25-5/h8-9,12H,6-7,10-11H2,1-5H3. The summed E-state index contributed by atoms with van der Waals surface area (Å²) in [6.07, 6.45) is 0. The Balaban J connectivity index is 2.29. The molecule has 0 fully saturated rings. The zero-order valence-electron chi connectivity index (χ0n) is 16.0. The largest absolute Gasteiger partial charge is 0.496 e. The fraction of sp³-hybridized carbons (Fsp3) is 0.474. The third-order valence-electron chi connectivity index (χ3n) is 4.34. The molecule has 1 heterocycles. The number of likely N-dealkylation sites (N-methyl/N-ethyl adjacent to an activating group) is 2. The van der Waals surface area contributed by atoms with Crippen LogP contribution in [-0.2, 0) is 0 Å². The topological polar surface area (TPSA) is 45.7 Å². The number of carbonyl (C=O) groups excluding carboxylic acids is 1. The summed E-state index contributed by atoms with van der Waals surface area (Å²) >= 11 is 7.52. The molecule has 26 heavy (non-hydrogen) atoms. The summed E-state index contributed by atoms with van der Waals surface area (Å²) < 4.78 is 5.42. The summed E-state index contributed by atoms with van der Waals surface area (Å²) in [5.41, 5.74) is 1.54. The van der Waals surface area contributed by atoms with Crippen molar-refractivity contribution in [3.05, 3.63) is 33.8 Å². The van der Waals surface area contributed by atoms with Crippen LogP contribution in [0.15, 0.2) is 18.2 Å². The number of hydrogen-bond acceptors (Lipinski definition) is 5. The minimum Gasteiger partial charge on any atom is -0.496 e. The van der Waals surface area contributed by atoms with E-state index in [1.807, 2.05) is 30.9 Å². The SMILES string of the molecule is CCN(C)CCN(CC)C(=O)c1sc(-c2cc(Cl)ccc2OC)nc1C. The molecule has 0 spiro atoms. The van der Waals surface area contributed by atoms with Crippen LogP contribution in [0, 0.1) is 6.92 Å². The van der Waals surface area contributed by atoms with Gasteiger partial charge in [0, 0.05) is 24.7 Å². The molecule has 0 radical (unpaired) electrons. The monoisotopic (exact) mass is 395 g/mol. The second-order valence-electron chi connectivity index (χ2n) is 6.06. The molecule has 2 rings (SSSR count). The Hall–Kier alpha value is -1.63. The highest BCUT2D eigenvalue weighted by Gasteiger charge is 2.22. The van der Waals surface area contributed by atoms with Gasteiger partial charge in [0.25, 0.3) is 5.91 Å². The van der Waals surface area contributed by atoms with Gasteiger partial charge in [-0.1, -0.05) is 18.5 Å². The van der Waals surface area contributed by atoms with Crippen molar-refractivity contribution in [2.24, 2.45) is 0 Å². The van der Waals surface area contributed by atoms with Gasteiger partial charge in [-0.3, -0.25) is 4.79 Å². The van der Waals surface area contributed by atoms with Crippen molar-refractivity contribution in [3.63, 3.8) is 0 Å². The Morgan fingerprint density at radius 2 is 2.00 bits per heavy atom. The van der Waals surface area contributed by atoms with Gasteiger partial charge in [0.2, 0.25) is 0 Å². The number of carbonyl (C=O) groups is 1. The van der Waals surface area contributed by atoms with Crippen molar-refractivity contribution in [1.29, 1.82) is 0 Å². The van der Waals surface area contributed by atoms with E-state index in [1.165, 1.54) is 11.3 Å². The maximum absolute atomic E-state index is 13.0. The molecule has 0 aliphatic carbocycles. The molecular formula is C19H26ClN3O2S. The third-order valence-corrected chi connectivity index (χ3v) is 5.76. The van der Waals surface area contributed by atoms with Crippen LogP contribution in [0.3, 0.4) is 0 Å². The lowest BCUT2D eigenvalue weighted by molar-refractivity contribution is 0.0755. The maximum atomic E-state index is 13.0. The van der Waals surface area contributed by atoms with E-state index in [0.29, 0.717) is 28.7 Å². The highest BCUT2D eigenvalue weighted by molar-refractivity contribution is 7.17. The van der Waals surface area contributed by atoms with E-state index in [2.05, 4.69) is 23.9 Å². The number of thiazole rings is 1. The minimum atomic E-state index is 0.0271. The first-order valence-electron chi connectivity index (χ1n) is 8.70. The van der Waals surface area contributed by atoms with Gasteiger partial charge in [0.05, 0.1) is 18.4 Å². The zero-order chi connectivity index (χ0) is 19.3. The first-order chi connectivity index (χ1) is 12.4. The molecule has 0 atom stereocenters. The number of ether oxygens (including phenoxy) is 1. The number of amides is 1. The molecule has 1 aromatic heterocycles. The number of halogens is 1. The van der Waals surface area contributed by atoms with Gasteiger partial charge in [0.15, 0.2) is 0 Å². The molecule has 5 nitrogen and oxygen atoms in total. The number of benzene rings is 1. The fourth-order valence-corrected chi connectivity index (χ4v) is 3.78. The fourth-order valence-electron chi connectivity index (χ4n) is 2.55. The predicted molar refractivity (Wildman–Crippen MR) is 109 cm³/mol. The minimum absolute atomic E-state index is 0.0271. The number of aromatic nitrogens is 1. The van der Waals surface area contributed by atoms with Crippen LogP contribution in [0.25, 0.3) is 10.6 Å². The van der Waals surface area contributed by atoms with Crippen LogP contribution in [0.4, 0.5) is 0 Å². The van der Waals surface area contributed by atoms with Gasteiger partial charge in [-0.15, -0.1) is 11.3 Å². The van der Waals surface area contributed by atoms with E-state index in [0.717, 1.165) is 29.4 Å². The van der Waals surface area contributed by atoms with Gasteiger partial charge < -0.3 is 14.5 Å². The molecule has 0 aliphatic rings. The van der Waals surface area contributed by atoms with Crippen LogP contribution in [-0.4, -0.2) is 61.0 Å². The average molecular weight is 396 g/mol. The number of rotatable bonds is 8. The summed E-state index contributed by atoms with van der Waals surface area (Å²) in [5, 5.41) is 1.35. The second kappa shape index (κ2) is 9.35. The van der Waals surface area contributed by atoms with Crippen LogP contribution in [0.1, 0.15) is 29.2 Å². The van der Waals surface area contributed by atoms with Crippen molar-refractivity contribution >= 4 is 28.8 Å². The van der Waals surface area contributed by atoms with Gasteiger partial charge in [-0.05, 0) is 45.6 Å². The van der Waals surface area contributed by atoms with E-state index in [9.17, 15) is 4.79 Å². The van der Waals surface area contributed by atoms with Crippen molar-refractivity contribution in [1.82, 2.24) is 14.8 Å². The van der Waals surface area contributed by atoms with Crippen LogP contribution in [0.2, 0.25) is 5.02 Å². The normalized spacial score (nSPS) is 11.0. The molecule has 0 saturated heterocycles. The molecule has 0 N–H and O–H groups in total. The summed E-state index contributed by atoms with van der Waals surface area (Å²) in [5.74, 6) is 0.721. The lowest BCUT2D eigenvalue weighted by Gasteiger charge is -2.23. The maximum Gasteiger partial charge on any atom is 0.265 e. The first kappa shape index (κ1) is 20.7. The Bertz CT molecular complexity index is 763. The molecule has 0 aliphatic heterocycles. The quantitative estimate of drug-likeness (QED) is 0.672. The summed E-state index contributed by atoms with van der Waals surface area (Å²) in [4.78, 5) is 22.3. The van der Waals surface area contributed by atoms with Crippen LogP contribution < -0.4 is 4.74 Å². The van der Waals surface area contributed by atoms with E-state index in [-0.39, 0.29) is 5.91 Å². The second-order valence-corrected chi connectivity index (χ2v) is 7.49. The van der Waals surface area contributed by atoms with Crippen molar-refractivity contribution in [2.75, 3.05) is 40.3 Å². The molecule has 0 unspecified atom stereocenters. The van der Waals surface area contributed by atoms with Crippen LogP contribution in [0.5, 0.6) is 5.75 Å². The Kier molecular flexibility index (Phi) is 7.43. The molecule has 1 aromatic carbocycles. The van der Waals surface area contributed by atoms with Gasteiger partial charge >= 0.3 is 0 Å². The van der Waals surface area contributed by atoms with Gasteiger partial charge in [-0.2, -0.15) is 0 Å². The van der Waals surface area contributed by atoms with E-state index in [1.54, 1.807) is 13.2 Å². The molecular weight excluding hydrogens is 370 g/mol. The average Bonchev–Trinajstić information content (AvgIpc) is 3.03. The predicted octanol–water partition coefficient (Wildman–Crippen LogP) is 4.19. The smallest absolute Gasteiger partial charge is 0.265 e. The lowest BCUT2D eigenvalue weighted by atomic mass is 10.2. The van der Waals surface area contributed by atoms with Gasteiger partial charge in [0.1, 0.15) is 15.6 Å². The van der Waals surface area contributed by atoms with E-state index in [4.69, 9.17) is 16.3 Å². The number of aryl methyl sites for hydroxylation is 1.